The van der Waals surface area contributed by atoms with Gasteiger partial charge in [-0.15, -0.1) is 0 Å². The lowest BCUT2D eigenvalue weighted by atomic mass is 10.2. The van der Waals surface area contributed by atoms with Gasteiger partial charge < -0.3 is 10.2 Å². The number of halogens is 1. The first-order valence-electron chi connectivity index (χ1n) is 5.94. The summed E-state index contributed by atoms with van der Waals surface area (Å²) in [6, 6.07) is 5.52. The Bertz CT molecular complexity index is 482. The third kappa shape index (κ3) is 2.90. The number of hydrogen-bond donors (Lipinski definition) is 1. The van der Waals surface area contributed by atoms with Crippen LogP contribution in [0.25, 0.3) is 0 Å². The minimum absolute atomic E-state index is 0.435. The monoisotopic (exact) mass is 310 g/mol. The zero-order valence-corrected chi connectivity index (χ0v) is 11.8. The van der Waals surface area contributed by atoms with Crippen LogP contribution in [0.3, 0.4) is 0 Å². The molecule has 0 aliphatic carbocycles. The minimum Gasteiger partial charge on any atom is -0.334 e. The summed E-state index contributed by atoms with van der Waals surface area (Å²) in [7, 11) is 0. The molecule has 2 amide bonds. The Morgan fingerprint density at radius 1 is 1.28 bits per heavy atom. The van der Waals surface area contributed by atoms with Crippen LogP contribution in [0.5, 0.6) is 0 Å². The molecule has 18 heavy (non-hydrogen) atoms. The van der Waals surface area contributed by atoms with Crippen LogP contribution in [0.2, 0.25) is 0 Å². The lowest BCUT2D eigenvalue weighted by molar-refractivity contribution is -0.142. The summed E-state index contributed by atoms with van der Waals surface area (Å²) < 4.78 is 0.948. The van der Waals surface area contributed by atoms with Crippen LogP contribution in [-0.4, -0.2) is 29.8 Å². The van der Waals surface area contributed by atoms with Gasteiger partial charge in [0, 0.05) is 23.2 Å². The van der Waals surface area contributed by atoms with Crippen molar-refractivity contribution in [1.82, 2.24) is 4.90 Å². The van der Waals surface area contributed by atoms with Crippen molar-refractivity contribution < 1.29 is 9.59 Å². The van der Waals surface area contributed by atoms with Crippen molar-refractivity contribution in [3.63, 3.8) is 0 Å². The molecule has 5 heteroatoms. The Labute approximate surface area is 114 Å². The second kappa shape index (κ2) is 5.52. The van der Waals surface area contributed by atoms with E-state index < -0.39 is 11.8 Å². The summed E-state index contributed by atoms with van der Waals surface area (Å²) in [5, 5.41) is 2.66. The summed E-state index contributed by atoms with van der Waals surface area (Å²) in [5.74, 6) is -0.989. The number of likely N-dealkylation sites (tertiary alicyclic amines) is 1. The maximum absolute atomic E-state index is 11.8. The predicted octanol–water partition coefficient (Wildman–Crippen LogP) is 2.32. The number of rotatable bonds is 1. The molecule has 0 spiro atoms. The normalized spacial score (nSPS) is 14.7. The smallest absolute Gasteiger partial charge is 0.313 e. The average molecular weight is 311 g/mol. The number of aryl methyl sites for hydroxylation is 1. The van der Waals surface area contributed by atoms with Crippen LogP contribution < -0.4 is 5.32 Å². The molecule has 1 saturated heterocycles. The van der Waals surface area contributed by atoms with Crippen LogP contribution in [0, 0.1) is 6.92 Å². The van der Waals surface area contributed by atoms with Crippen molar-refractivity contribution in [2.45, 2.75) is 19.8 Å². The Morgan fingerprint density at radius 3 is 2.56 bits per heavy atom. The fraction of sp³-hybridized carbons (Fsp3) is 0.385. The molecular weight excluding hydrogens is 296 g/mol. The maximum atomic E-state index is 11.8. The van der Waals surface area contributed by atoms with Gasteiger partial charge >= 0.3 is 11.8 Å². The van der Waals surface area contributed by atoms with Crippen molar-refractivity contribution in [1.29, 1.82) is 0 Å². The molecule has 0 saturated carbocycles. The van der Waals surface area contributed by atoms with Crippen molar-refractivity contribution in [3.8, 4) is 0 Å². The molecule has 1 heterocycles. The molecule has 0 unspecified atom stereocenters. The first-order valence-corrected chi connectivity index (χ1v) is 6.73. The van der Waals surface area contributed by atoms with Gasteiger partial charge in [-0.2, -0.15) is 0 Å². The third-order valence-electron chi connectivity index (χ3n) is 3.02. The molecule has 1 aliphatic heterocycles. The molecule has 1 fully saturated rings. The Hall–Kier alpha value is -1.36. The highest BCUT2D eigenvalue weighted by Gasteiger charge is 2.24. The van der Waals surface area contributed by atoms with Crippen molar-refractivity contribution in [3.05, 3.63) is 28.2 Å². The number of amides is 2. The predicted molar refractivity (Wildman–Crippen MR) is 73.3 cm³/mol. The third-order valence-corrected chi connectivity index (χ3v) is 3.52. The van der Waals surface area contributed by atoms with E-state index in [0.29, 0.717) is 18.8 Å². The quantitative estimate of drug-likeness (QED) is 0.809. The molecule has 1 aliphatic rings. The Morgan fingerprint density at radius 2 is 1.94 bits per heavy atom. The topological polar surface area (TPSA) is 49.4 Å². The average Bonchev–Trinajstić information content (AvgIpc) is 2.85. The molecule has 2 rings (SSSR count). The summed E-state index contributed by atoms with van der Waals surface area (Å²) in [6.07, 6.45) is 1.96. The fourth-order valence-electron chi connectivity index (χ4n) is 2.01. The van der Waals surface area contributed by atoms with E-state index in [1.807, 2.05) is 19.1 Å². The van der Waals surface area contributed by atoms with E-state index in [-0.39, 0.29) is 0 Å². The van der Waals surface area contributed by atoms with Gasteiger partial charge in [0.1, 0.15) is 0 Å². The maximum Gasteiger partial charge on any atom is 0.313 e. The Balaban J connectivity index is 2.04. The summed E-state index contributed by atoms with van der Waals surface area (Å²) in [5.41, 5.74) is 1.60. The lowest BCUT2D eigenvalue weighted by Gasteiger charge is -2.15. The van der Waals surface area contributed by atoms with Crippen LogP contribution in [0.4, 0.5) is 5.69 Å². The van der Waals surface area contributed by atoms with Gasteiger partial charge in [-0.1, -0.05) is 15.9 Å². The Kier molecular flexibility index (Phi) is 4.01. The SMILES string of the molecule is Cc1cc(Br)ccc1NC(=O)C(=O)N1CCCC1. The fourth-order valence-corrected chi connectivity index (χ4v) is 2.48. The van der Waals surface area contributed by atoms with Crippen molar-refractivity contribution in [2.24, 2.45) is 0 Å². The molecule has 0 atom stereocenters. The van der Waals surface area contributed by atoms with E-state index in [1.165, 1.54) is 0 Å². The second-order valence-corrected chi connectivity index (χ2v) is 5.33. The molecule has 0 aromatic heterocycles. The number of carbonyl (C=O) groups is 2. The largest absolute Gasteiger partial charge is 0.334 e. The molecule has 1 aromatic rings. The van der Waals surface area contributed by atoms with Gasteiger partial charge in [0.15, 0.2) is 0 Å². The summed E-state index contributed by atoms with van der Waals surface area (Å²) in [6.45, 7) is 3.26. The molecule has 0 radical (unpaired) electrons. The molecular formula is C13H15BrN2O2. The second-order valence-electron chi connectivity index (χ2n) is 4.41. The van der Waals surface area contributed by atoms with Gasteiger partial charge in [0.05, 0.1) is 0 Å². The number of carbonyl (C=O) groups excluding carboxylic acids is 2. The van der Waals surface area contributed by atoms with Gasteiger partial charge in [-0.05, 0) is 43.5 Å². The number of nitrogens with one attached hydrogen (secondary N) is 1. The summed E-state index contributed by atoms with van der Waals surface area (Å²) >= 11 is 3.36. The number of nitrogens with zero attached hydrogens (tertiary/aromatic N) is 1. The van der Waals surface area contributed by atoms with Crippen LogP contribution in [-0.2, 0) is 9.59 Å². The van der Waals surface area contributed by atoms with Crippen molar-refractivity contribution in [2.75, 3.05) is 18.4 Å². The first kappa shape index (κ1) is 13.1. The van der Waals surface area contributed by atoms with E-state index in [1.54, 1.807) is 11.0 Å². The first-order chi connectivity index (χ1) is 8.58. The van der Waals surface area contributed by atoms with E-state index >= 15 is 0 Å². The highest BCUT2D eigenvalue weighted by molar-refractivity contribution is 9.10. The van der Waals surface area contributed by atoms with E-state index in [2.05, 4.69) is 21.2 Å². The van der Waals surface area contributed by atoms with Gasteiger partial charge in [-0.25, -0.2) is 0 Å². The van der Waals surface area contributed by atoms with Gasteiger partial charge in [0.2, 0.25) is 0 Å². The van der Waals surface area contributed by atoms with E-state index in [0.717, 1.165) is 22.9 Å². The number of benzene rings is 1. The minimum atomic E-state index is -0.553. The highest BCUT2D eigenvalue weighted by atomic mass is 79.9. The zero-order valence-electron chi connectivity index (χ0n) is 10.2. The van der Waals surface area contributed by atoms with Crippen LogP contribution in [0.15, 0.2) is 22.7 Å². The molecule has 1 aromatic carbocycles. The molecule has 4 nitrogen and oxygen atoms in total. The lowest BCUT2D eigenvalue weighted by Crippen LogP contribution is -2.37. The molecule has 1 N–H and O–H groups in total. The standard InChI is InChI=1S/C13H15BrN2O2/c1-9-8-10(14)4-5-11(9)15-12(17)13(18)16-6-2-3-7-16/h4-5,8H,2-3,6-7H2,1H3,(H,15,17). The van der Waals surface area contributed by atoms with Crippen LogP contribution in [0.1, 0.15) is 18.4 Å². The number of anilines is 1. The number of hydrogen-bond acceptors (Lipinski definition) is 2. The van der Waals surface area contributed by atoms with Crippen LogP contribution >= 0.6 is 15.9 Å². The highest BCUT2D eigenvalue weighted by Crippen LogP contribution is 2.20. The van der Waals surface area contributed by atoms with Crippen molar-refractivity contribution >= 4 is 33.4 Å². The molecule has 0 bridgehead atoms. The van der Waals surface area contributed by atoms with Gasteiger partial charge in [-0.3, -0.25) is 9.59 Å². The van der Waals surface area contributed by atoms with E-state index in [9.17, 15) is 9.59 Å². The van der Waals surface area contributed by atoms with E-state index in [4.69, 9.17) is 0 Å². The summed E-state index contributed by atoms with van der Waals surface area (Å²) in [4.78, 5) is 25.3. The molecule has 96 valence electrons. The van der Waals surface area contributed by atoms with Gasteiger partial charge in [0.25, 0.3) is 0 Å². The zero-order chi connectivity index (χ0) is 13.1.